The third-order valence-electron chi connectivity index (χ3n) is 3.25. The minimum absolute atomic E-state index is 0.267. The van der Waals surface area contributed by atoms with E-state index >= 15 is 0 Å². The van der Waals surface area contributed by atoms with Gasteiger partial charge in [-0.1, -0.05) is 58.9 Å². The molecule has 0 bridgehead atoms. The van der Waals surface area contributed by atoms with Crippen molar-refractivity contribution >= 4 is 38.6 Å². The summed E-state index contributed by atoms with van der Waals surface area (Å²) in [5, 5.41) is 4.51. The molecule has 2 rings (SSSR count). The van der Waals surface area contributed by atoms with E-state index in [2.05, 4.69) is 27.8 Å². The third-order valence-corrected chi connectivity index (χ3v) is 3.57. The van der Waals surface area contributed by atoms with Crippen LogP contribution in [0.25, 0.3) is 10.8 Å². The number of hydrogen-bond donors (Lipinski definition) is 1. The zero-order valence-corrected chi connectivity index (χ0v) is 13.7. The van der Waals surface area contributed by atoms with Crippen LogP contribution >= 0.6 is 15.9 Å². The molecule has 0 aliphatic heterocycles. The van der Waals surface area contributed by atoms with Crippen molar-refractivity contribution < 1.29 is 14.3 Å². The van der Waals surface area contributed by atoms with E-state index in [9.17, 15) is 9.59 Å². The number of esters is 1. The van der Waals surface area contributed by atoms with Crippen LogP contribution in [0.3, 0.4) is 0 Å². The highest BCUT2D eigenvalue weighted by Crippen LogP contribution is 2.19. The molecule has 0 unspecified atom stereocenters. The monoisotopic (exact) mass is 361 g/mol. The number of nitrogens with one attached hydrogen (secondary N) is 1. The van der Waals surface area contributed by atoms with E-state index in [0.29, 0.717) is 10.0 Å². The van der Waals surface area contributed by atoms with Crippen molar-refractivity contribution in [3.8, 4) is 0 Å². The first-order valence-electron chi connectivity index (χ1n) is 6.72. The van der Waals surface area contributed by atoms with Gasteiger partial charge in [0.05, 0.1) is 7.11 Å². The van der Waals surface area contributed by atoms with Gasteiger partial charge in [-0.25, -0.2) is 4.79 Å². The molecule has 2 aromatic carbocycles. The lowest BCUT2D eigenvalue weighted by atomic mass is 10.0. The molecule has 5 heteroatoms. The topological polar surface area (TPSA) is 55.4 Å². The fourth-order valence-corrected chi connectivity index (χ4v) is 2.54. The van der Waals surface area contributed by atoms with E-state index in [1.807, 2.05) is 36.4 Å². The maximum atomic E-state index is 12.5. The van der Waals surface area contributed by atoms with Gasteiger partial charge in [0, 0.05) is 12.0 Å². The van der Waals surface area contributed by atoms with Crippen LogP contribution in [0.4, 0.5) is 0 Å². The number of fused-ring (bicyclic) bond motifs is 1. The molecule has 114 valence electrons. The number of benzene rings is 2. The number of hydrogen-bond acceptors (Lipinski definition) is 3. The van der Waals surface area contributed by atoms with Crippen LogP contribution in [-0.2, 0) is 9.53 Å². The zero-order valence-electron chi connectivity index (χ0n) is 12.1. The van der Waals surface area contributed by atoms with E-state index in [1.54, 1.807) is 6.07 Å². The van der Waals surface area contributed by atoms with E-state index in [4.69, 9.17) is 4.74 Å². The summed E-state index contributed by atoms with van der Waals surface area (Å²) in [5.41, 5.74) is 0.521. The first kappa shape index (κ1) is 16.2. The Hall–Kier alpha value is -2.14. The molecule has 0 fully saturated rings. The predicted octanol–water partition coefficient (Wildman–Crippen LogP) is 3.41. The van der Waals surface area contributed by atoms with Crippen LogP contribution in [0.1, 0.15) is 16.8 Å². The van der Waals surface area contributed by atoms with Gasteiger partial charge in [0.1, 0.15) is 6.04 Å². The van der Waals surface area contributed by atoms with Gasteiger partial charge in [0.15, 0.2) is 0 Å². The smallest absolute Gasteiger partial charge is 0.328 e. The van der Waals surface area contributed by atoms with Crippen molar-refractivity contribution in [1.82, 2.24) is 5.32 Å². The lowest BCUT2D eigenvalue weighted by Gasteiger charge is -2.16. The molecular formula is C17H16BrNO3. The van der Waals surface area contributed by atoms with Gasteiger partial charge in [0.25, 0.3) is 5.91 Å². The van der Waals surface area contributed by atoms with Crippen LogP contribution in [0, 0.1) is 0 Å². The summed E-state index contributed by atoms with van der Waals surface area (Å²) >= 11 is 3.20. The molecular weight excluding hydrogens is 346 g/mol. The lowest BCUT2D eigenvalue weighted by Crippen LogP contribution is -2.41. The predicted molar refractivity (Wildman–Crippen MR) is 89.9 cm³/mol. The summed E-state index contributed by atoms with van der Waals surface area (Å²) in [6.07, 6.45) is 0.267. The summed E-state index contributed by atoms with van der Waals surface area (Å²) in [6.45, 7) is 3.70. The summed E-state index contributed by atoms with van der Waals surface area (Å²) in [5.74, 6) is -0.824. The van der Waals surface area contributed by atoms with Gasteiger partial charge in [-0.15, -0.1) is 0 Å². The Bertz CT molecular complexity index is 721. The van der Waals surface area contributed by atoms with Gasteiger partial charge in [0.2, 0.25) is 0 Å². The second-order valence-electron chi connectivity index (χ2n) is 4.80. The normalized spacial score (nSPS) is 11.7. The first-order chi connectivity index (χ1) is 10.5. The highest BCUT2D eigenvalue weighted by atomic mass is 79.9. The fraction of sp³-hybridized carbons (Fsp3) is 0.176. The Balaban J connectivity index is 2.29. The van der Waals surface area contributed by atoms with Gasteiger partial charge in [-0.05, 0) is 21.3 Å². The lowest BCUT2D eigenvalue weighted by molar-refractivity contribution is -0.142. The molecule has 0 radical (unpaired) electrons. The number of carbonyl (C=O) groups excluding carboxylic acids is 2. The molecule has 0 aromatic heterocycles. The molecule has 0 heterocycles. The number of rotatable bonds is 5. The van der Waals surface area contributed by atoms with Gasteiger partial charge in [-0.2, -0.15) is 0 Å². The Labute approximate surface area is 137 Å². The van der Waals surface area contributed by atoms with E-state index in [1.165, 1.54) is 7.11 Å². The van der Waals surface area contributed by atoms with Gasteiger partial charge >= 0.3 is 5.97 Å². The Morgan fingerprint density at radius 3 is 2.59 bits per heavy atom. The number of amides is 1. The van der Waals surface area contributed by atoms with Crippen molar-refractivity contribution in [2.45, 2.75) is 12.5 Å². The summed E-state index contributed by atoms with van der Waals surface area (Å²) in [4.78, 5) is 24.3. The SMILES string of the molecule is C=C(Br)C[C@@H](NC(=O)c1cccc2ccccc12)C(=O)OC. The van der Waals surface area contributed by atoms with Crippen LogP contribution in [0.5, 0.6) is 0 Å². The summed E-state index contributed by atoms with van der Waals surface area (Å²) in [7, 11) is 1.29. The van der Waals surface area contributed by atoms with Gasteiger partial charge < -0.3 is 10.1 Å². The highest BCUT2D eigenvalue weighted by molar-refractivity contribution is 9.11. The zero-order chi connectivity index (χ0) is 16.1. The Morgan fingerprint density at radius 2 is 1.91 bits per heavy atom. The largest absolute Gasteiger partial charge is 0.467 e. The maximum Gasteiger partial charge on any atom is 0.328 e. The molecule has 1 atom stereocenters. The first-order valence-corrected chi connectivity index (χ1v) is 7.52. The molecule has 2 aromatic rings. The van der Waals surface area contributed by atoms with E-state index in [-0.39, 0.29) is 12.3 Å². The average Bonchev–Trinajstić information content (AvgIpc) is 2.52. The van der Waals surface area contributed by atoms with Gasteiger partial charge in [-0.3, -0.25) is 4.79 Å². The van der Waals surface area contributed by atoms with Crippen LogP contribution < -0.4 is 5.32 Å². The van der Waals surface area contributed by atoms with Crippen molar-refractivity contribution in [2.24, 2.45) is 0 Å². The van der Waals surface area contributed by atoms with Crippen molar-refractivity contribution in [2.75, 3.05) is 7.11 Å². The van der Waals surface area contributed by atoms with E-state index < -0.39 is 12.0 Å². The average molecular weight is 362 g/mol. The number of halogens is 1. The molecule has 22 heavy (non-hydrogen) atoms. The molecule has 0 spiro atoms. The van der Waals surface area contributed by atoms with Crippen LogP contribution in [0.2, 0.25) is 0 Å². The van der Waals surface area contributed by atoms with E-state index in [0.717, 1.165) is 10.8 Å². The minimum Gasteiger partial charge on any atom is -0.467 e. The Morgan fingerprint density at radius 1 is 1.23 bits per heavy atom. The molecule has 1 N–H and O–H groups in total. The number of carbonyl (C=O) groups is 2. The molecule has 0 aliphatic carbocycles. The summed E-state index contributed by atoms with van der Waals surface area (Å²) < 4.78 is 5.33. The molecule has 0 aliphatic rings. The molecule has 0 saturated heterocycles. The van der Waals surface area contributed by atoms with Crippen molar-refractivity contribution in [3.63, 3.8) is 0 Å². The number of methoxy groups -OCH3 is 1. The van der Waals surface area contributed by atoms with Crippen LogP contribution in [-0.4, -0.2) is 25.0 Å². The highest BCUT2D eigenvalue weighted by Gasteiger charge is 2.23. The standard InChI is InChI=1S/C17H16BrNO3/c1-11(18)10-15(17(21)22-2)19-16(20)14-9-5-7-12-6-3-4-8-13(12)14/h3-9,15H,1,10H2,2H3,(H,19,20)/t15-/m1/s1. The third kappa shape index (κ3) is 3.74. The number of ether oxygens (including phenoxy) is 1. The Kier molecular flexibility index (Phi) is 5.33. The molecule has 1 amide bonds. The quantitative estimate of drug-likeness (QED) is 0.830. The molecule has 4 nitrogen and oxygen atoms in total. The van der Waals surface area contributed by atoms with Crippen molar-refractivity contribution in [3.05, 3.63) is 59.1 Å². The summed E-state index contributed by atoms with van der Waals surface area (Å²) in [6, 6.07) is 12.3. The second kappa shape index (κ2) is 7.22. The molecule has 0 saturated carbocycles. The fourth-order valence-electron chi connectivity index (χ4n) is 2.22. The maximum absolute atomic E-state index is 12.5. The van der Waals surface area contributed by atoms with Crippen LogP contribution in [0.15, 0.2) is 53.5 Å². The van der Waals surface area contributed by atoms with Crippen molar-refractivity contribution in [1.29, 1.82) is 0 Å². The minimum atomic E-state index is -0.775. The second-order valence-corrected chi connectivity index (χ2v) is 5.92.